The molecule has 0 atom stereocenters. The van der Waals surface area contributed by atoms with Gasteiger partial charge in [-0.25, -0.2) is 13.9 Å². The highest BCUT2D eigenvalue weighted by atomic mass is 32.2. The number of nitrogens with zero attached hydrogens (tertiary/aromatic N) is 1. The van der Waals surface area contributed by atoms with Crippen LogP contribution in [0.5, 0.6) is 5.75 Å². The zero-order chi connectivity index (χ0) is 20.1. The maximum atomic E-state index is 12.6. The number of hydrogen-bond donors (Lipinski definition) is 2. The zero-order valence-corrected chi connectivity index (χ0v) is 15.3. The van der Waals surface area contributed by atoms with E-state index in [1.807, 2.05) is 11.4 Å². The van der Waals surface area contributed by atoms with Crippen LogP contribution in [0, 0.1) is 0 Å². The van der Waals surface area contributed by atoms with Gasteiger partial charge in [0.15, 0.2) is 0 Å². The van der Waals surface area contributed by atoms with E-state index in [1.165, 1.54) is 14.7 Å². The summed E-state index contributed by atoms with van der Waals surface area (Å²) in [6, 6.07) is 6.14. The Morgan fingerprint density at radius 1 is 1.22 bits per heavy atom. The molecule has 0 radical (unpaired) electrons. The normalized spacial score (nSPS) is 14.5. The molecule has 0 fully saturated rings. The average molecular weight is 424 g/mol. The number of carbonyl (C=O) groups excluding carboxylic acids is 1. The van der Waals surface area contributed by atoms with Crippen molar-refractivity contribution in [3.63, 3.8) is 0 Å². The molecule has 0 unspecified atom stereocenters. The largest absolute Gasteiger partial charge is 0.573 e. The number of benzene rings is 1. The van der Waals surface area contributed by atoms with Crippen molar-refractivity contribution in [1.29, 1.82) is 0 Å². The molecular formula is C15H15F3N2O5S2. The van der Waals surface area contributed by atoms with Crippen molar-refractivity contribution in [3.05, 3.63) is 46.2 Å². The van der Waals surface area contributed by atoms with Gasteiger partial charge in [0, 0.05) is 18.0 Å². The molecule has 0 spiro atoms. The number of hydrogen-bond acceptors (Lipinski definition) is 6. The molecule has 7 nitrogen and oxygen atoms in total. The highest BCUT2D eigenvalue weighted by Gasteiger charge is 2.32. The topological polar surface area (TPSA) is 95.9 Å². The Morgan fingerprint density at radius 3 is 2.41 bits per heavy atom. The number of halogens is 3. The van der Waals surface area contributed by atoms with E-state index in [0.29, 0.717) is 13.0 Å². The lowest BCUT2D eigenvalue weighted by atomic mass is 10.1. The lowest BCUT2D eigenvalue weighted by molar-refractivity contribution is -0.274. The summed E-state index contributed by atoms with van der Waals surface area (Å²) in [5, 5.41) is 9.18. The van der Waals surface area contributed by atoms with Crippen LogP contribution in [0.2, 0.25) is 0 Å². The fourth-order valence-corrected chi connectivity index (χ4v) is 4.70. The first-order valence-corrected chi connectivity index (χ1v) is 9.74. The van der Waals surface area contributed by atoms with E-state index in [2.05, 4.69) is 4.74 Å². The molecule has 3 rings (SSSR count). The fraction of sp³-hybridized carbons (Fsp3) is 0.267. The van der Waals surface area contributed by atoms with E-state index in [-0.39, 0.29) is 17.9 Å². The van der Waals surface area contributed by atoms with Gasteiger partial charge in [0.1, 0.15) is 5.75 Å². The van der Waals surface area contributed by atoms with Crippen molar-refractivity contribution in [3.8, 4) is 5.75 Å². The summed E-state index contributed by atoms with van der Waals surface area (Å²) in [5.41, 5.74) is 2.22. The van der Waals surface area contributed by atoms with Crippen molar-refractivity contribution < 1.29 is 36.3 Å². The van der Waals surface area contributed by atoms with Gasteiger partial charge in [0.25, 0.3) is 0 Å². The van der Waals surface area contributed by atoms with Crippen molar-refractivity contribution in [2.75, 3.05) is 6.54 Å². The molecule has 1 aliphatic heterocycles. The van der Waals surface area contributed by atoms with Crippen molar-refractivity contribution in [2.45, 2.75) is 24.2 Å². The van der Waals surface area contributed by atoms with E-state index in [0.717, 1.165) is 29.8 Å². The Hall–Kier alpha value is -2.15. The molecule has 12 heteroatoms. The number of sulfonamides is 1. The molecule has 2 heterocycles. The number of fused-ring (bicyclic) bond motifs is 1. The molecule has 27 heavy (non-hydrogen) atoms. The number of ether oxygens (including phenoxy) is 1. The third-order valence-corrected chi connectivity index (χ3v) is 6.40. The van der Waals surface area contributed by atoms with Gasteiger partial charge >= 0.3 is 6.36 Å². The Morgan fingerprint density at radius 2 is 1.85 bits per heavy atom. The molecule has 1 aromatic carbocycles. The summed E-state index contributed by atoms with van der Waals surface area (Å²) >= 11 is 1.60. The second-order valence-corrected chi connectivity index (χ2v) is 8.16. The third kappa shape index (κ3) is 5.66. The standard InChI is InChI=1S/C14H12F3NO3S2.CH3NO2/c15-14(16,17)21-11-1-3-12(4-2-11)23(19,20)18-7-5-13-10(9-18)6-8-22-13;3-1-2-4/h1-4,6,8H,5,7,9H2;1,4H,(H,2,3). The Labute approximate surface area is 157 Å². The fourth-order valence-electron chi connectivity index (χ4n) is 2.39. The van der Waals surface area contributed by atoms with E-state index in [9.17, 15) is 21.6 Å². The Bertz CT molecular complexity index is 866. The highest BCUT2D eigenvalue weighted by molar-refractivity contribution is 7.89. The molecular weight excluding hydrogens is 409 g/mol. The number of hydroxylamine groups is 1. The average Bonchev–Trinajstić information content (AvgIpc) is 3.09. The van der Waals surface area contributed by atoms with Gasteiger partial charge in [0.2, 0.25) is 16.4 Å². The van der Waals surface area contributed by atoms with Gasteiger partial charge in [-0.3, -0.25) is 10.0 Å². The van der Waals surface area contributed by atoms with Crippen LogP contribution in [0.3, 0.4) is 0 Å². The molecule has 0 saturated carbocycles. The van der Waals surface area contributed by atoms with Crippen LogP contribution < -0.4 is 10.2 Å². The van der Waals surface area contributed by atoms with Gasteiger partial charge in [-0.1, -0.05) is 0 Å². The number of thiophene rings is 1. The molecule has 2 N–H and O–H groups in total. The number of carbonyl (C=O) groups is 1. The molecule has 2 aromatic rings. The minimum Gasteiger partial charge on any atom is -0.406 e. The smallest absolute Gasteiger partial charge is 0.406 e. The van der Waals surface area contributed by atoms with Crippen LogP contribution in [0.15, 0.2) is 40.6 Å². The predicted molar refractivity (Wildman–Crippen MR) is 89.7 cm³/mol. The van der Waals surface area contributed by atoms with E-state index >= 15 is 0 Å². The molecule has 1 aromatic heterocycles. The van der Waals surface area contributed by atoms with Gasteiger partial charge in [-0.2, -0.15) is 4.31 Å². The first kappa shape index (κ1) is 21.2. The van der Waals surface area contributed by atoms with E-state index < -0.39 is 22.1 Å². The first-order valence-electron chi connectivity index (χ1n) is 7.42. The lowest BCUT2D eigenvalue weighted by Gasteiger charge is -2.26. The van der Waals surface area contributed by atoms with Crippen LogP contribution >= 0.6 is 11.3 Å². The predicted octanol–water partition coefficient (Wildman–Crippen LogP) is 2.52. The summed E-state index contributed by atoms with van der Waals surface area (Å²) in [5.74, 6) is -0.449. The Kier molecular flexibility index (Phi) is 6.81. The van der Waals surface area contributed by atoms with Crippen LogP contribution in [-0.4, -0.2) is 37.2 Å². The second-order valence-electron chi connectivity index (χ2n) is 5.22. The van der Waals surface area contributed by atoms with Crippen LogP contribution in [0.4, 0.5) is 13.2 Å². The minimum atomic E-state index is -4.80. The molecule has 0 aliphatic carbocycles. The number of rotatable bonds is 4. The molecule has 0 saturated heterocycles. The number of alkyl halides is 3. The summed E-state index contributed by atoms with van der Waals surface area (Å²) in [7, 11) is -3.74. The van der Waals surface area contributed by atoms with Gasteiger partial charge in [-0.05, 0) is 47.7 Å². The first-order chi connectivity index (χ1) is 12.7. The van der Waals surface area contributed by atoms with E-state index in [1.54, 1.807) is 11.3 Å². The maximum absolute atomic E-state index is 12.6. The van der Waals surface area contributed by atoms with E-state index in [4.69, 9.17) is 10.0 Å². The molecule has 1 amide bonds. The molecule has 1 aliphatic rings. The third-order valence-electron chi connectivity index (χ3n) is 3.52. The maximum Gasteiger partial charge on any atom is 0.573 e. The Balaban J connectivity index is 0.000000596. The van der Waals surface area contributed by atoms with Crippen molar-refractivity contribution in [2.24, 2.45) is 0 Å². The second kappa shape index (κ2) is 8.69. The SMILES string of the molecule is O=CNO.O=S(=O)(c1ccc(OC(F)(F)F)cc1)N1CCc2sccc2C1. The summed E-state index contributed by atoms with van der Waals surface area (Å²) in [4.78, 5) is 9.93. The minimum absolute atomic E-state index is 0.0503. The van der Waals surface area contributed by atoms with Crippen molar-refractivity contribution >= 4 is 27.8 Å². The highest BCUT2D eigenvalue weighted by Crippen LogP contribution is 2.29. The summed E-state index contributed by atoms with van der Waals surface area (Å²) < 4.78 is 66.6. The lowest BCUT2D eigenvalue weighted by Crippen LogP contribution is -2.35. The van der Waals surface area contributed by atoms with Crippen LogP contribution in [0.1, 0.15) is 10.4 Å². The molecule has 0 bridgehead atoms. The van der Waals surface area contributed by atoms with Gasteiger partial charge in [0.05, 0.1) is 4.90 Å². The van der Waals surface area contributed by atoms with Crippen LogP contribution in [0.25, 0.3) is 0 Å². The van der Waals surface area contributed by atoms with Gasteiger partial charge < -0.3 is 4.74 Å². The zero-order valence-electron chi connectivity index (χ0n) is 13.6. The number of nitrogens with one attached hydrogen (secondary N) is 1. The van der Waals surface area contributed by atoms with Crippen molar-refractivity contribution in [1.82, 2.24) is 9.79 Å². The summed E-state index contributed by atoms with van der Waals surface area (Å²) in [6.07, 6.45) is -3.98. The molecule has 148 valence electrons. The van der Waals surface area contributed by atoms with Crippen LogP contribution in [-0.2, 0) is 27.8 Å². The van der Waals surface area contributed by atoms with Gasteiger partial charge in [-0.15, -0.1) is 24.5 Å². The quantitative estimate of drug-likeness (QED) is 0.447. The number of amides is 1. The monoisotopic (exact) mass is 424 g/mol. The summed E-state index contributed by atoms with van der Waals surface area (Å²) in [6.45, 7) is 0.638.